The maximum Gasteiger partial charge on any atom is 0.218 e. The highest BCUT2D eigenvalue weighted by Crippen LogP contribution is 2.10. The first-order valence-electron chi connectivity index (χ1n) is 4.32. The lowest BCUT2D eigenvalue weighted by atomic mass is 10.2. The summed E-state index contributed by atoms with van der Waals surface area (Å²) in [6.45, 7) is 5.19. The molecule has 72 valence electrons. The minimum Gasteiger partial charge on any atom is -0.481 e. The molecule has 1 aromatic heterocycles. The Labute approximate surface area is 78.4 Å². The Kier molecular flexibility index (Phi) is 3.49. The standard InChI is InChI=1S/C9H15N3O/c1-7(2)5-10-8-4-9(13-3)12-6-11-8/h4,6-7H,5H2,1-3H3,(H,10,11,12). The molecule has 4 heteroatoms. The van der Waals surface area contributed by atoms with Crippen LogP contribution in [-0.4, -0.2) is 23.6 Å². The van der Waals surface area contributed by atoms with Crippen LogP contribution in [-0.2, 0) is 0 Å². The fraction of sp³-hybridized carbons (Fsp3) is 0.556. The van der Waals surface area contributed by atoms with Crippen LogP contribution in [0.3, 0.4) is 0 Å². The third-order valence-corrected chi connectivity index (χ3v) is 1.54. The molecule has 0 aliphatic rings. The number of nitrogens with zero attached hydrogens (tertiary/aromatic N) is 2. The van der Waals surface area contributed by atoms with Gasteiger partial charge < -0.3 is 10.1 Å². The Bertz CT molecular complexity index is 263. The van der Waals surface area contributed by atoms with Gasteiger partial charge in [0, 0.05) is 12.6 Å². The van der Waals surface area contributed by atoms with Crippen molar-refractivity contribution in [3.05, 3.63) is 12.4 Å². The molecule has 0 fully saturated rings. The Morgan fingerprint density at radius 2 is 2.23 bits per heavy atom. The van der Waals surface area contributed by atoms with E-state index in [9.17, 15) is 0 Å². The Morgan fingerprint density at radius 3 is 2.85 bits per heavy atom. The van der Waals surface area contributed by atoms with E-state index in [2.05, 4.69) is 29.1 Å². The van der Waals surface area contributed by atoms with E-state index in [0.29, 0.717) is 11.8 Å². The van der Waals surface area contributed by atoms with Crippen molar-refractivity contribution in [1.82, 2.24) is 9.97 Å². The summed E-state index contributed by atoms with van der Waals surface area (Å²) in [6.07, 6.45) is 1.49. The quantitative estimate of drug-likeness (QED) is 0.765. The summed E-state index contributed by atoms with van der Waals surface area (Å²) in [5.74, 6) is 1.99. The molecule has 0 atom stereocenters. The molecule has 0 radical (unpaired) electrons. The molecule has 0 bridgehead atoms. The van der Waals surface area contributed by atoms with Crippen LogP contribution in [0.5, 0.6) is 5.88 Å². The molecule has 0 unspecified atom stereocenters. The number of nitrogens with one attached hydrogen (secondary N) is 1. The number of hydrogen-bond acceptors (Lipinski definition) is 4. The highest BCUT2D eigenvalue weighted by atomic mass is 16.5. The van der Waals surface area contributed by atoms with Crippen molar-refractivity contribution < 1.29 is 4.74 Å². The van der Waals surface area contributed by atoms with Crippen molar-refractivity contribution in [2.75, 3.05) is 19.0 Å². The Morgan fingerprint density at radius 1 is 1.46 bits per heavy atom. The van der Waals surface area contributed by atoms with Gasteiger partial charge in [0.25, 0.3) is 0 Å². The number of hydrogen-bond donors (Lipinski definition) is 1. The van der Waals surface area contributed by atoms with E-state index in [1.54, 1.807) is 13.2 Å². The second kappa shape index (κ2) is 4.64. The van der Waals surface area contributed by atoms with Crippen LogP contribution in [0.1, 0.15) is 13.8 Å². The molecular formula is C9H15N3O. The number of anilines is 1. The summed E-state index contributed by atoms with van der Waals surface area (Å²) in [6, 6.07) is 1.78. The number of ether oxygens (including phenoxy) is 1. The molecule has 0 aliphatic carbocycles. The van der Waals surface area contributed by atoms with Crippen molar-refractivity contribution in [2.24, 2.45) is 5.92 Å². The molecule has 13 heavy (non-hydrogen) atoms. The number of aromatic nitrogens is 2. The zero-order valence-electron chi connectivity index (χ0n) is 8.24. The van der Waals surface area contributed by atoms with Crippen LogP contribution in [0.4, 0.5) is 5.82 Å². The van der Waals surface area contributed by atoms with Gasteiger partial charge in [-0.1, -0.05) is 13.8 Å². The molecule has 4 nitrogen and oxygen atoms in total. The topological polar surface area (TPSA) is 47.0 Å². The molecule has 0 saturated carbocycles. The van der Waals surface area contributed by atoms with Gasteiger partial charge in [0.2, 0.25) is 5.88 Å². The second-order valence-electron chi connectivity index (χ2n) is 3.22. The summed E-state index contributed by atoms with van der Waals surface area (Å²) < 4.78 is 4.97. The average molecular weight is 181 g/mol. The van der Waals surface area contributed by atoms with Crippen LogP contribution >= 0.6 is 0 Å². The van der Waals surface area contributed by atoms with Crippen molar-refractivity contribution in [3.8, 4) is 5.88 Å². The Balaban J connectivity index is 2.56. The van der Waals surface area contributed by atoms with E-state index < -0.39 is 0 Å². The average Bonchev–Trinajstić information content (AvgIpc) is 2.15. The summed E-state index contributed by atoms with van der Waals surface area (Å²) in [5, 5.41) is 3.19. The van der Waals surface area contributed by atoms with E-state index >= 15 is 0 Å². The Hall–Kier alpha value is -1.32. The highest BCUT2D eigenvalue weighted by molar-refractivity contribution is 5.36. The fourth-order valence-electron chi connectivity index (χ4n) is 0.856. The molecule has 0 amide bonds. The maximum absolute atomic E-state index is 4.97. The zero-order chi connectivity index (χ0) is 9.68. The third-order valence-electron chi connectivity index (χ3n) is 1.54. The van der Waals surface area contributed by atoms with Crippen LogP contribution in [0.25, 0.3) is 0 Å². The van der Waals surface area contributed by atoms with Gasteiger partial charge in [-0.05, 0) is 5.92 Å². The molecule has 0 aromatic carbocycles. The maximum atomic E-state index is 4.97. The molecule has 1 heterocycles. The second-order valence-corrected chi connectivity index (χ2v) is 3.22. The van der Waals surface area contributed by atoms with Gasteiger partial charge in [-0.2, -0.15) is 0 Å². The highest BCUT2D eigenvalue weighted by Gasteiger charge is 1.98. The molecule has 1 aromatic rings. The lowest BCUT2D eigenvalue weighted by Crippen LogP contribution is -2.09. The van der Waals surface area contributed by atoms with E-state index in [1.165, 1.54) is 6.33 Å². The van der Waals surface area contributed by atoms with Crippen LogP contribution in [0.15, 0.2) is 12.4 Å². The predicted octanol–water partition coefficient (Wildman–Crippen LogP) is 1.55. The first-order chi connectivity index (χ1) is 6.22. The summed E-state index contributed by atoms with van der Waals surface area (Å²) in [4.78, 5) is 7.97. The van der Waals surface area contributed by atoms with Gasteiger partial charge in [-0.15, -0.1) is 0 Å². The van der Waals surface area contributed by atoms with Crippen molar-refractivity contribution >= 4 is 5.82 Å². The molecule has 1 N–H and O–H groups in total. The van der Waals surface area contributed by atoms with Crippen molar-refractivity contribution in [1.29, 1.82) is 0 Å². The lowest BCUT2D eigenvalue weighted by molar-refractivity contribution is 0.397. The van der Waals surface area contributed by atoms with Gasteiger partial charge >= 0.3 is 0 Å². The van der Waals surface area contributed by atoms with Crippen molar-refractivity contribution in [3.63, 3.8) is 0 Å². The fourth-order valence-corrected chi connectivity index (χ4v) is 0.856. The smallest absolute Gasteiger partial charge is 0.218 e. The van der Waals surface area contributed by atoms with Gasteiger partial charge in [-0.25, -0.2) is 9.97 Å². The first kappa shape index (κ1) is 9.77. The number of rotatable bonds is 4. The largest absolute Gasteiger partial charge is 0.481 e. The van der Waals surface area contributed by atoms with E-state index in [-0.39, 0.29) is 0 Å². The predicted molar refractivity (Wildman–Crippen MR) is 51.9 cm³/mol. The van der Waals surface area contributed by atoms with Crippen LogP contribution in [0, 0.1) is 5.92 Å². The van der Waals surface area contributed by atoms with Crippen molar-refractivity contribution in [2.45, 2.75) is 13.8 Å². The summed E-state index contributed by atoms with van der Waals surface area (Å²) in [7, 11) is 1.59. The molecule has 0 aliphatic heterocycles. The SMILES string of the molecule is COc1cc(NCC(C)C)ncn1. The van der Waals surface area contributed by atoms with Gasteiger partial charge in [0.15, 0.2) is 0 Å². The van der Waals surface area contributed by atoms with Gasteiger partial charge in [-0.3, -0.25) is 0 Å². The molecular weight excluding hydrogens is 166 g/mol. The normalized spacial score (nSPS) is 10.2. The van der Waals surface area contributed by atoms with Gasteiger partial charge in [0.05, 0.1) is 7.11 Å². The minimum absolute atomic E-state index is 0.584. The first-order valence-corrected chi connectivity index (χ1v) is 4.32. The zero-order valence-corrected chi connectivity index (χ0v) is 8.24. The molecule has 0 saturated heterocycles. The minimum atomic E-state index is 0.584. The summed E-state index contributed by atoms with van der Waals surface area (Å²) >= 11 is 0. The lowest BCUT2D eigenvalue weighted by Gasteiger charge is -2.07. The van der Waals surface area contributed by atoms with Crippen LogP contribution in [0.2, 0.25) is 0 Å². The molecule has 0 spiro atoms. The van der Waals surface area contributed by atoms with Crippen LogP contribution < -0.4 is 10.1 Å². The third kappa shape index (κ3) is 3.27. The number of methoxy groups -OCH3 is 1. The van der Waals surface area contributed by atoms with E-state index in [4.69, 9.17) is 4.74 Å². The van der Waals surface area contributed by atoms with E-state index in [0.717, 1.165) is 12.4 Å². The van der Waals surface area contributed by atoms with Gasteiger partial charge in [0.1, 0.15) is 12.1 Å². The summed E-state index contributed by atoms with van der Waals surface area (Å²) in [5.41, 5.74) is 0. The monoisotopic (exact) mass is 181 g/mol. The van der Waals surface area contributed by atoms with E-state index in [1.807, 2.05) is 0 Å². The molecule has 1 rings (SSSR count).